The number of hydrogen-bond donors (Lipinski definition) is 1. The molecule has 1 N–H and O–H groups in total. The van der Waals surface area contributed by atoms with Crippen molar-refractivity contribution in [1.82, 2.24) is 25.5 Å². The van der Waals surface area contributed by atoms with Crippen LogP contribution >= 0.6 is 0 Å². The van der Waals surface area contributed by atoms with Gasteiger partial charge in [0, 0.05) is 6.20 Å². The number of rotatable bonds is 6. The molecule has 2 aromatic heterocycles. The smallest absolute Gasteiger partial charge is 0.240 e. The monoisotopic (exact) mass is 275 g/mol. The van der Waals surface area contributed by atoms with Crippen molar-refractivity contribution in [3.63, 3.8) is 0 Å². The van der Waals surface area contributed by atoms with Crippen LogP contribution in [-0.4, -0.2) is 40.9 Å². The van der Waals surface area contributed by atoms with Gasteiger partial charge in [-0.2, -0.15) is 15.2 Å². The zero-order chi connectivity index (χ0) is 14.4. The Balaban J connectivity index is 2.44. The van der Waals surface area contributed by atoms with Crippen LogP contribution in [-0.2, 0) is 0 Å². The van der Waals surface area contributed by atoms with Gasteiger partial charge in [0.15, 0.2) is 0 Å². The van der Waals surface area contributed by atoms with Gasteiger partial charge >= 0.3 is 0 Å². The van der Waals surface area contributed by atoms with E-state index in [9.17, 15) is 0 Å². The fourth-order valence-electron chi connectivity index (χ4n) is 1.86. The summed E-state index contributed by atoms with van der Waals surface area (Å²) < 4.78 is 10.4. The summed E-state index contributed by atoms with van der Waals surface area (Å²) in [7, 11) is 3.10. The van der Waals surface area contributed by atoms with Crippen LogP contribution in [0, 0.1) is 0 Å². The number of aromatic nitrogens is 4. The van der Waals surface area contributed by atoms with Gasteiger partial charge in [-0.15, -0.1) is 0 Å². The van der Waals surface area contributed by atoms with Gasteiger partial charge in [-0.05, 0) is 18.2 Å². The molecule has 2 heterocycles. The van der Waals surface area contributed by atoms with E-state index in [1.807, 2.05) is 13.0 Å². The summed E-state index contributed by atoms with van der Waals surface area (Å²) in [6, 6.07) is 1.72. The summed E-state index contributed by atoms with van der Waals surface area (Å²) in [5, 5.41) is 11.0. The number of hydrogen-bond acceptors (Lipinski definition) is 7. The van der Waals surface area contributed by atoms with Crippen molar-refractivity contribution < 1.29 is 9.47 Å². The molecule has 2 aromatic rings. The second kappa shape index (κ2) is 6.76. The predicted molar refractivity (Wildman–Crippen MR) is 72.7 cm³/mol. The normalized spacial score (nSPS) is 11.9. The summed E-state index contributed by atoms with van der Waals surface area (Å²) in [5.41, 5.74) is 1.63. The second-order valence-corrected chi connectivity index (χ2v) is 3.97. The predicted octanol–water partition coefficient (Wildman–Crippen LogP) is 0.983. The van der Waals surface area contributed by atoms with Gasteiger partial charge in [0.1, 0.15) is 5.69 Å². The molecule has 7 heteroatoms. The molecule has 0 aromatic carbocycles. The van der Waals surface area contributed by atoms with E-state index in [0.717, 1.165) is 12.1 Å². The SMILES string of the molecule is CCNC(c1ccnnc1)c1ncc(OC)nc1OC. The summed E-state index contributed by atoms with van der Waals surface area (Å²) in [6.45, 7) is 2.79. The van der Waals surface area contributed by atoms with E-state index in [1.54, 1.807) is 25.7 Å². The second-order valence-electron chi connectivity index (χ2n) is 3.97. The first-order valence-electron chi connectivity index (χ1n) is 6.25. The minimum atomic E-state index is -0.163. The lowest BCUT2D eigenvalue weighted by Gasteiger charge is -2.19. The van der Waals surface area contributed by atoms with E-state index in [4.69, 9.17) is 9.47 Å². The molecule has 0 aliphatic rings. The van der Waals surface area contributed by atoms with Gasteiger partial charge in [-0.25, -0.2) is 4.98 Å². The Morgan fingerprint density at radius 2 is 2.05 bits per heavy atom. The van der Waals surface area contributed by atoms with Crippen LogP contribution in [0.25, 0.3) is 0 Å². The molecule has 20 heavy (non-hydrogen) atoms. The standard InChI is InChI=1S/C13H17N5O2/c1-4-14-11(9-5-6-16-17-7-9)12-13(20-3)18-10(19-2)8-15-12/h5-8,11,14H,4H2,1-3H3. The molecule has 7 nitrogen and oxygen atoms in total. The van der Waals surface area contributed by atoms with E-state index < -0.39 is 0 Å². The molecule has 2 rings (SSSR count). The third kappa shape index (κ3) is 3.00. The first-order valence-corrected chi connectivity index (χ1v) is 6.25. The van der Waals surface area contributed by atoms with Crippen LogP contribution in [0.15, 0.2) is 24.7 Å². The lowest BCUT2D eigenvalue weighted by atomic mass is 10.1. The maximum Gasteiger partial charge on any atom is 0.240 e. The summed E-state index contributed by atoms with van der Waals surface area (Å²) in [5.74, 6) is 0.834. The Hall–Kier alpha value is -2.28. The highest BCUT2D eigenvalue weighted by atomic mass is 16.5. The highest BCUT2D eigenvalue weighted by Crippen LogP contribution is 2.27. The topological polar surface area (TPSA) is 82.1 Å². The molecule has 106 valence electrons. The van der Waals surface area contributed by atoms with Crippen molar-refractivity contribution in [2.45, 2.75) is 13.0 Å². The lowest BCUT2D eigenvalue weighted by Crippen LogP contribution is -2.24. The number of ether oxygens (including phenoxy) is 2. The molecule has 0 aliphatic heterocycles. The van der Waals surface area contributed by atoms with E-state index in [-0.39, 0.29) is 6.04 Å². The highest BCUT2D eigenvalue weighted by molar-refractivity contribution is 5.32. The summed E-state index contributed by atoms with van der Waals surface area (Å²) in [6.07, 6.45) is 4.90. The molecular formula is C13H17N5O2. The van der Waals surface area contributed by atoms with Crippen LogP contribution in [0.5, 0.6) is 11.8 Å². The first kappa shape index (κ1) is 14.1. The molecule has 0 bridgehead atoms. The maximum atomic E-state index is 5.31. The number of nitrogens with zero attached hydrogens (tertiary/aromatic N) is 4. The molecular weight excluding hydrogens is 258 g/mol. The Bertz CT molecular complexity index is 550. The van der Waals surface area contributed by atoms with Crippen molar-refractivity contribution in [1.29, 1.82) is 0 Å². The molecule has 0 aliphatic carbocycles. The van der Waals surface area contributed by atoms with Gasteiger partial charge in [-0.3, -0.25) is 0 Å². The van der Waals surface area contributed by atoms with Gasteiger partial charge in [-0.1, -0.05) is 6.92 Å². The third-order valence-electron chi connectivity index (χ3n) is 2.77. The number of nitrogens with one attached hydrogen (secondary N) is 1. The quantitative estimate of drug-likeness (QED) is 0.841. The van der Waals surface area contributed by atoms with Crippen molar-refractivity contribution in [3.05, 3.63) is 35.9 Å². The fraction of sp³-hybridized carbons (Fsp3) is 0.385. The molecule has 0 spiro atoms. The van der Waals surface area contributed by atoms with Crippen molar-refractivity contribution in [2.75, 3.05) is 20.8 Å². The zero-order valence-electron chi connectivity index (χ0n) is 11.7. The molecule has 0 fully saturated rings. The minimum absolute atomic E-state index is 0.163. The van der Waals surface area contributed by atoms with Crippen LogP contribution in [0.2, 0.25) is 0 Å². The molecule has 0 saturated heterocycles. The molecule has 0 saturated carbocycles. The van der Waals surface area contributed by atoms with Gasteiger partial charge in [0.05, 0.1) is 32.7 Å². The average Bonchev–Trinajstić information content (AvgIpc) is 2.53. The lowest BCUT2D eigenvalue weighted by molar-refractivity contribution is 0.352. The Labute approximate surface area is 117 Å². The van der Waals surface area contributed by atoms with Crippen molar-refractivity contribution in [2.24, 2.45) is 0 Å². The van der Waals surface area contributed by atoms with Gasteiger partial charge in [0.2, 0.25) is 11.8 Å². The van der Waals surface area contributed by atoms with E-state index >= 15 is 0 Å². The molecule has 1 atom stereocenters. The summed E-state index contributed by atoms with van der Waals surface area (Å²) in [4.78, 5) is 8.65. The molecule has 0 amide bonds. The van der Waals surface area contributed by atoms with E-state index in [2.05, 4.69) is 25.5 Å². The summed E-state index contributed by atoms with van der Waals surface area (Å²) >= 11 is 0. The highest BCUT2D eigenvalue weighted by Gasteiger charge is 2.21. The van der Waals surface area contributed by atoms with Gasteiger partial charge in [0.25, 0.3) is 0 Å². The minimum Gasteiger partial charge on any atom is -0.480 e. The van der Waals surface area contributed by atoms with E-state index in [1.165, 1.54) is 7.11 Å². The maximum absolute atomic E-state index is 5.31. The van der Waals surface area contributed by atoms with Crippen molar-refractivity contribution >= 4 is 0 Å². The third-order valence-corrected chi connectivity index (χ3v) is 2.77. The fourth-order valence-corrected chi connectivity index (χ4v) is 1.86. The van der Waals surface area contributed by atoms with Crippen molar-refractivity contribution in [3.8, 4) is 11.8 Å². The molecule has 1 unspecified atom stereocenters. The average molecular weight is 275 g/mol. The van der Waals surface area contributed by atoms with Gasteiger partial charge < -0.3 is 14.8 Å². The van der Waals surface area contributed by atoms with Crippen LogP contribution in [0.4, 0.5) is 0 Å². The largest absolute Gasteiger partial charge is 0.480 e. The first-order chi connectivity index (χ1) is 9.80. The van der Waals surface area contributed by atoms with E-state index in [0.29, 0.717) is 17.5 Å². The Morgan fingerprint density at radius 3 is 2.65 bits per heavy atom. The zero-order valence-corrected chi connectivity index (χ0v) is 11.7. The number of methoxy groups -OCH3 is 2. The molecule has 0 radical (unpaired) electrons. The Kier molecular flexibility index (Phi) is 4.78. The van der Waals surface area contributed by atoms with Crippen LogP contribution in [0.1, 0.15) is 24.2 Å². The van der Waals surface area contributed by atoms with Crippen LogP contribution in [0.3, 0.4) is 0 Å². The Morgan fingerprint density at radius 1 is 1.20 bits per heavy atom. The van der Waals surface area contributed by atoms with Crippen LogP contribution < -0.4 is 14.8 Å².